The van der Waals surface area contributed by atoms with Crippen molar-refractivity contribution < 1.29 is 13.2 Å². The van der Waals surface area contributed by atoms with Gasteiger partial charge >= 0.3 is 6.18 Å². The highest BCUT2D eigenvalue weighted by atomic mass is 35.5. The van der Waals surface area contributed by atoms with Crippen LogP contribution in [0.4, 0.5) is 13.2 Å². The molecule has 0 heterocycles. The van der Waals surface area contributed by atoms with Crippen LogP contribution in [0.5, 0.6) is 0 Å². The Morgan fingerprint density at radius 1 is 1.32 bits per heavy atom. The lowest BCUT2D eigenvalue weighted by Gasteiger charge is -2.28. The zero-order valence-corrected chi connectivity index (χ0v) is 12.2. The summed E-state index contributed by atoms with van der Waals surface area (Å²) in [5.41, 5.74) is -0.215. The third-order valence-electron chi connectivity index (χ3n) is 3.09. The fourth-order valence-corrected chi connectivity index (χ4v) is 2.32. The first kappa shape index (κ1) is 16.6. The van der Waals surface area contributed by atoms with Crippen LogP contribution in [-0.4, -0.2) is 30.4 Å². The molecule has 19 heavy (non-hydrogen) atoms. The molecule has 0 aliphatic carbocycles. The lowest BCUT2D eigenvalue weighted by Crippen LogP contribution is -2.34. The number of benzene rings is 1. The zero-order chi connectivity index (χ0) is 14.6. The number of hydrogen-bond donors (Lipinski definition) is 0. The number of hydrogen-bond acceptors (Lipinski definition) is 1. The number of likely N-dealkylation sites (N-methyl/N-ethyl adjacent to an activating group) is 1. The molecule has 0 aromatic heterocycles. The molecule has 0 radical (unpaired) electrons. The van der Waals surface area contributed by atoms with Crippen molar-refractivity contribution in [3.05, 3.63) is 35.4 Å². The molecule has 108 valence electrons. The van der Waals surface area contributed by atoms with Crippen LogP contribution >= 0.6 is 23.2 Å². The fourth-order valence-electron chi connectivity index (χ4n) is 1.73. The van der Waals surface area contributed by atoms with Crippen molar-refractivity contribution in [2.75, 3.05) is 19.5 Å². The zero-order valence-electron chi connectivity index (χ0n) is 10.7. The van der Waals surface area contributed by atoms with Gasteiger partial charge in [-0.25, -0.2) is 0 Å². The van der Waals surface area contributed by atoms with Crippen LogP contribution in [0.2, 0.25) is 0 Å². The second-order valence-electron chi connectivity index (χ2n) is 4.44. The molecule has 0 saturated heterocycles. The van der Waals surface area contributed by atoms with E-state index in [-0.39, 0.29) is 6.04 Å². The summed E-state index contributed by atoms with van der Waals surface area (Å²) in [7, 11) is 1.84. The molecule has 1 aromatic rings. The van der Waals surface area contributed by atoms with Gasteiger partial charge in [0.1, 0.15) is 0 Å². The summed E-state index contributed by atoms with van der Waals surface area (Å²) in [6.45, 7) is 2.50. The van der Waals surface area contributed by atoms with E-state index in [1.54, 1.807) is 6.07 Å². The molecule has 6 heteroatoms. The van der Waals surface area contributed by atoms with Gasteiger partial charge in [-0.1, -0.05) is 18.2 Å². The molecular formula is C13H16Cl2F3N. The third kappa shape index (κ3) is 4.55. The van der Waals surface area contributed by atoms with Crippen molar-refractivity contribution in [2.45, 2.75) is 24.5 Å². The van der Waals surface area contributed by atoms with E-state index in [1.165, 1.54) is 6.07 Å². The SMILES string of the molecule is CC(C(Cl)c1cccc(C(F)(F)F)c1)N(C)CCCl. The average Bonchev–Trinajstić information content (AvgIpc) is 2.36. The monoisotopic (exact) mass is 313 g/mol. The average molecular weight is 314 g/mol. The first-order valence-corrected chi connectivity index (χ1v) is 6.82. The summed E-state index contributed by atoms with van der Waals surface area (Å²) < 4.78 is 37.9. The third-order valence-corrected chi connectivity index (χ3v) is 3.87. The Hall–Kier alpha value is -0.450. The normalized spacial score (nSPS) is 15.6. The topological polar surface area (TPSA) is 3.24 Å². The summed E-state index contributed by atoms with van der Waals surface area (Å²) in [5, 5.41) is -0.518. The highest BCUT2D eigenvalue weighted by molar-refractivity contribution is 6.21. The maximum Gasteiger partial charge on any atom is 0.416 e. The standard InChI is InChI=1S/C13H16Cl2F3N/c1-9(19(2)7-6-14)12(15)10-4-3-5-11(8-10)13(16,17)18/h3-5,8-9,12H,6-7H2,1-2H3. The largest absolute Gasteiger partial charge is 0.416 e. The molecular weight excluding hydrogens is 298 g/mol. The maximum atomic E-state index is 12.6. The molecule has 2 unspecified atom stereocenters. The van der Waals surface area contributed by atoms with Gasteiger partial charge in [0.25, 0.3) is 0 Å². The van der Waals surface area contributed by atoms with Crippen LogP contribution in [0.25, 0.3) is 0 Å². The van der Waals surface area contributed by atoms with Gasteiger partial charge in [-0.15, -0.1) is 23.2 Å². The molecule has 0 aliphatic rings. The van der Waals surface area contributed by atoms with Gasteiger partial charge in [-0.05, 0) is 25.6 Å². The Balaban J connectivity index is 2.91. The minimum absolute atomic E-state index is 0.107. The van der Waals surface area contributed by atoms with E-state index in [2.05, 4.69) is 0 Å². The van der Waals surface area contributed by atoms with E-state index < -0.39 is 17.1 Å². The summed E-state index contributed by atoms with van der Waals surface area (Å²) in [6, 6.07) is 5.02. The molecule has 0 fully saturated rings. The van der Waals surface area contributed by atoms with E-state index >= 15 is 0 Å². The van der Waals surface area contributed by atoms with Gasteiger partial charge in [0.15, 0.2) is 0 Å². The number of nitrogens with zero attached hydrogens (tertiary/aromatic N) is 1. The van der Waals surface area contributed by atoms with Gasteiger partial charge in [0, 0.05) is 18.5 Å². The van der Waals surface area contributed by atoms with E-state index in [4.69, 9.17) is 23.2 Å². The Kier molecular flexibility index (Phi) is 5.96. The molecule has 0 aliphatic heterocycles. The molecule has 0 amide bonds. The van der Waals surface area contributed by atoms with Crippen LogP contribution < -0.4 is 0 Å². The minimum atomic E-state index is -4.35. The van der Waals surface area contributed by atoms with Crippen LogP contribution in [0, 0.1) is 0 Å². The lowest BCUT2D eigenvalue weighted by molar-refractivity contribution is -0.137. The molecule has 0 bridgehead atoms. The van der Waals surface area contributed by atoms with Gasteiger partial charge in [0.2, 0.25) is 0 Å². The molecule has 0 N–H and O–H groups in total. The van der Waals surface area contributed by atoms with E-state index in [0.29, 0.717) is 18.0 Å². The van der Waals surface area contributed by atoms with Crippen LogP contribution in [-0.2, 0) is 6.18 Å². The fraction of sp³-hybridized carbons (Fsp3) is 0.538. The Bertz CT molecular complexity index is 409. The smallest absolute Gasteiger partial charge is 0.301 e. The molecule has 0 saturated carbocycles. The van der Waals surface area contributed by atoms with Crippen molar-refractivity contribution in [1.82, 2.24) is 4.90 Å². The maximum absolute atomic E-state index is 12.6. The number of alkyl halides is 5. The molecule has 1 rings (SSSR count). The molecule has 0 spiro atoms. The number of halogens is 5. The highest BCUT2D eigenvalue weighted by Crippen LogP contribution is 2.33. The van der Waals surface area contributed by atoms with Gasteiger partial charge < -0.3 is 4.90 Å². The minimum Gasteiger partial charge on any atom is -0.301 e. The summed E-state index contributed by atoms with van der Waals surface area (Å²) in [5.74, 6) is 0.451. The Morgan fingerprint density at radius 2 is 1.95 bits per heavy atom. The van der Waals surface area contributed by atoms with Crippen molar-refractivity contribution in [1.29, 1.82) is 0 Å². The summed E-state index contributed by atoms with van der Waals surface area (Å²) in [6.07, 6.45) is -4.35. The van der Waals surface area contributed by atoms with Gasteiger partial charge in [-0.2, -0.15) is 13.2 Å². The van der Waals surface area contributed by atoms with E-state index in [1.807, 2.05) is 18.9 Å². The molecule has 1 aromatic carbocycles. The van der Waals surface area contributed by atoms with E-state index in [9.17, 15) is 13.2 Å². The Labute approximate surface area is 121 Å². The second kappa shape index (κ2) is 6.82. The second-order valence-corrected chi connectivity index (χ2v) is 5.28. The Morgan fingerprint density at radius 3 is 2.47 bits per heavy atom. The van der Waals surface area contributed by atoms with Crippen molar-refractivity contribution in [2.24, 2.45) is 0 Å². The van der Waals surface area contributed by atoms with Crippen molar-refractivity contribution in [3.8, 4) is 0 Å². The van der Waals surface area contributed by atoms with Gasteiger partial charge in [0.05, 0.1) is 10.9 Å². The molecule has 2 atom stereocenters. The lowest BCUT2D eigenvalue weighted by atomic mass is 10.0. The first-order chi connectivity index (χ1) is 8.77. The van der Waals surface area contributed by atoms with E-state index in [0.717, 1.165) is 12.1 Å². The summed E-state index contributed by atoms with van der Waals surface area (Å²) in [4.78, 5) is 1.92. The predicted octanol–water partition coefficient (Wildman–Crippen LogP) is 4.54. The van der Waals surface area contributed by atoms with Crippen molar-refractivity contribution in [3.63, 3.8) is 0 Å². The van der Waals surface area contributed by atoms with Crippen LogP contribution in [0.3, 0.4) is 0 Å². The van der Waals surface area contributed by atoms with Crippen LogP contribution in [0.15, 0.2) is 24.3 Å². The number of rotatable bonds is 5. The van der Waals surface area contributed by atoms with Crippen LogP contribution in [0.1, 0.15) is 23.4 Å². The van der Waals surface area contributed by atoms with Crippen molar-refractivity contribution >= 4 is 23.2 Å². The highest BCUT2D eigenvalue weighted by Gasteiger charge is 2.31. The first-order valence-electron chi connectivity index (χ1n) is 5.84. The molecule has 1 nitrogen and oxygen atoms in total. The quantitative estimate of drug-likeness (QED) is 0.721. The summed E-state index contributed by atoms with van der Waals surface area (Å²) >= 11 is 11.9. The van der Waals surface area contributed by atoms with Gasteiger partial charge in [-0.3, -0.25) is 0 Å². The predicted molar refractivity (Wildman–Crippen MR) is 72.9 cm³/mol.